The summed E-state index contributed by atoms with van der Waals surface area (Å²) < 4.78 is 5.95. The van der Waals surface area contributed by atoms with E-state index in [9.17, 15) is 0 Å². The zero-order chi connectivity index (χ0) is 20.4. The van der Waals surface area contributed by atoms with Gasteiger partial charge in [-0.05, 0) is 49.6 Å². The lowest BCUT2D eigenvalue weighted by atomic mass is 10.0. The van der Waals surface area contributed by atoms with E-state index in [1.807, 2.05) is 0 Å². The second-order valence-electron chi connectivity index (χ2n) is 7.19. The van der Waals surface area contributed by atoms with Crippen molar-refractivity contribution >= 4 is 11.9 Å². The molecule has 27 heavy (non-hydrogen) atoms. The molecule has 2 N–H and O–H groups in total. The van der Waals surface area contributed by atoms with E-state index in [0.29, 0.717) is 5.92 Å². The smallest absolute Gasteiger partial charge is 0.414 e. The average Bonchev–Trinajstić information content (AvgIpc) is 2.60. The maximum Gasteiger partial charge on any atom is 0.414 e. The van der Waals surface area contributed by atoms with E-state index in [1.54, 1.807) is 0 Å². The number of carboxylic acids is 2. The highest BCUT2D eigenvalue weighted by atomic mass is 16.5. The zero-order valence-corrected chi connectivity index (χ0v) is 16.8. The standard InChI is InChI=1S/C18H30N2O.C2H2O4/c1-15(2)17-12-16(3)13-18(14-17)21-11-5-6-20-9-7-19(4)8-10-20;3-1(4)2(5)6/h12-15H,5-11H2,1-4H3;(H,3,4)(H,5,6). The average molecular weight is 380 g/mol. The van der Waals surface area contributed by atoms with Crippen LogP contribution in [0, 0.1) is 6.92 Å². The van der Waals surface area contributed by atoms with Crippen LogP contribution in [0.3, 0.4) is 0 Å². The molecule has 1 aliphatic rings. The maximum atomic E-state index is 9.10. The number of aliphatic carboxylic acids is 2. The van der Waals surface area contributed by atoms with E-state index in [4.69, 9.17) is 24.5 Å². The predicted molar refractivity (Wildman–Crippen MR) is 105 cm³/mol. The van der Waals surface area contributed by atoms with Gasteiger partial charge in [-0.3, -0.25) is 0 Å². The van der Waals surface area contributed by atoms with Crippen LogP contribution in [0.2, 0.25) is 0 Å². The molecule has 7 nitrogen and oxygen atoms in total. The number of rotatable bonds is 6. The highest BCUT2D eigenvalue weighted by molar-refractivity contribution is 6.27. The van der Waals surface area contributed by atoms with Gasteiger partial charge in [0, 0.05) is 32.7 Å². The molecule has 0 saturated carbocycles. The lowest BCUT2D eigenvalue weighted by Crippen LogP contribution is -2.44. The molecule has 0 bridgehead atoms. The van der Waals surface area contributed by atoms with Gasteiger partial charge in [-0.15, -0.1) is 0 Å². The normalized spacial score (nSPS) is 15.1. The number of likely N-dealkylation sites (N-methyl/N-ethyl adjacent to an activating group) is 1. The molecule has 0 radical (unpaired) electrons. The first kappa shape index (κ1) is 22.9. The van der Waals surface area contributed by atoms with Gasteiger partial charge in [0.1, 0.15) is 5.75 Å². The molecule has 1 aromatic rings. The monoisotopic (exact) mass is 380 g/mol. The van der Waals surface area contributed by atoms with Crippen LogP contribution in [-0.2, 0) is 9.59 Å². The second kappa shape index (κ2) is 11.6. The van der Waals surface area contributed by atoms with E-state index in [2.05, 4.69) is 55.8 Å². The number of benzene rings is 1. The Morgan fingerprint density at radius 1 is 1.07 bits per heavy atom. The van der Waals surface area contributed by atoms with Crippen LogP contribution < -0.4 is 4.74 Å². The third kappa shape index (κ3) is 9.40. The van der Waals surface area contributed by atoms with Crippen LogP contribution in [0.5, 0.6) is 5.75 Å². The number of carboxylic acid groups (broad SMARTS) is 2. The summed E-state index contributed by atoms with van der Waals surface area (Å²) in [6.45, 7) is 13.3. The van der Waals surface area contributed by atoms with E-state index in [-0.39, 0.29) is 0 Å². The van der Waals surface area contributed by atoms with Crippen molar-refractivity contribution in [2.75, 3.05) is 46.4 Å². The summed E-state index contributed by atoms with van der Waals surface area (Å²) in [5.74, 6) is -2.07. The fourth-order valence-electron chi connectivity index (χ4n) is 2.74. The van der Waals surface area contributed by atoms with Crippen LogP contribution in [0.1, 0.15) is 37.3 Å². The molecule has 0 spiro atoms. The molecular weight excluding hydrogens is 348 g/mol. The Kier molecular flexibility index (Phi) is 9.82. The van der Waals surface area contributed by atoms with Gasteiger partial charge in [0.2, 0.25) is 0 Å². The number of ether oxygens (including phenoxy) is 1. The summed E-state index contributed by atoms with van der Waals surface area (Å²) >= 11 is 0. The number of piperazine rings is 1. The summed E-state index contributed by atoms with van der Waals surface area (Å²) in [5, 5.41) is 14.8. The molecule has 2 rings (SSSR count). The molecule has 1 aliphatic heterocycles. The Labute approximate surface area is 161 Å². The van der Waals surface area contributed by atoms with Crippen LogP contribution in [0.25, 0.3) is 0 Å². The fourth-order valence-corrected chi connectivity index (χ4v) is 2.74. The van der Waals surface area contributed by atoms with E-state index < -0.39 is 11.9 Å². The Balaban J connectivity index is 0.000000527. The summed E-state index contributed by atoms with van der Waals surface area (Å²) in [7, 11) is 2.20. The Morgan fingerprint density at radius 2 is 1.67 bits per heavy atom. The highest BCUT2D eigenvalue weighted by Crippen LogP contribution is 2.22. The summed E-state index contributed by atoms with van der Waals surface area (Å²) in [4.78, 5) is 23.1. The van der Waals surface area contributed by atoms with Crippen molar-refractivity contribution in [2.45, 2.75) is 33.1 Å². The lowest BCUT2D eigenvalue weighted by Gasteiger charge is -2.32. The number of nitrogens with zero attached hydrogens (tertiary/aromatic N) is 2. The number of hydrogen-bond acceptors (Lipinski definition) is 5. The van der Waals surface area contributed by atoms with Crippen molar-refractivity contribution in [3.63, 3.8) is 0 Å². The van der Waals surface area contributed by atoms with Crippen molar-refractivity contribution < 1.29 is 24.5 Å². The molecule has 1 saturated heterocycles. The SMILES string of the molecule is Cc1cc(OCCCN2CCN(C)CC2)cc(C(C)C)c1.O=C(O)C(=O)O. The van der Waals surface area contributed by atoms with Crippen LogP contribution >= 0.6 is 0 Å². The minimum Gasteiger partial charge on any atom is -0.494 e. The highest BCUT2D eigenvalue weighted by Gasteiger charge is 2.13. The Hall–Kier alpha value is -2.12. The van der Waals surface area contributed by atoms with Gasteiger partial charge in [0.25, 0.3) is 0 Å². The third-order valence-corrected chi connectivity index (χ3v) is 4.41. The first-order valence-electron chi connectivity index (χ1n) is 9.30. The summed E-state index contributed by atoms with van der Waals surface area (Å²) in [6.07, 6.45) is 1.11. The molecule has 152 valence electrons. The second-order valence-corrected chi connectivity index (χ2v) is 7.19. The van der Waals surface area contributed by atoms with Gasteiger partial charge < -0.3 is 24.7 Å². The van der Waals surface area contributed by atoms with Crippen molar-refractivity contribution in [3.8, 4) is 5.75 Å². The first-order chi connectivity index (χ1) is 12.7. The molecule has 0 atom stereocenters. The first-order valence-corrected chi connectivity index (χ1v) is 9.30. The topological polar surface area (TPSA) is 90.3 Å². The van der Waals surface area contributed by atoms with Crippen molar-refractivity contribution in [1.82, 2.24) is 9.80 Å². The van der Waals surface area contributed by atoms with E-state index >= 15 is 0 Å². The molecule has 0 unspecified atom stereocenters. The number of carbonyl (C=O) groups is 2. The number of aryl methyl sites for hydroxylation is 1. The molecular formula is C20H32N2O5. The molecule has 7 heteroatoms. The molecule has 1 heterocycles. The molecule has 0 amide bonds. The van der Waals surface area contributed by atoms with Gasteiger partial charge in [-0.1, -0.05) is 19.9 Å². The van der Waals surface area contributed by atoms with E-state index in [0.717, 1.165) is 25.3 Å². The number of hydrogen-bond donors (Lipinski definition) is 2. The van der Waals surface area contributed by atoms with Gasteiger partial charge in [-0.25, -0.2) is 9.59 Å². The van der Waals surface area contributed by atoms with Crippen LogP contribution in [-0.4, -0.2) is 78.3 Å². The fraction of sp³-hybridized carbons (Fsp3) is 0.600. The van der Waals surface area contributed by atoms with Gasteiger partial charge in [0.15, 0.2) is 0 Å². The van der Waals surface area contributed by atoms with Crippen molar-refractivity contribution in [2.24, 2.45) is 0 Å². The molecule has 1 fully saturated rings. The van der Waals surface area contributed by atoms with Crippen LogP contribution in [0.15, 0.2) is 18.2 Å². The van der Waals surface area contributed by atoms with Crippen LogP contribution in [0.4, 0.5) is 0 Å². The largest absolute Gasteiger partial charge is 0.494 e. The minimum absolute atomic E-state index is 0.553. The molecule has 1 aromatic carbocycles. The van der Waals surface area contributed by atoms with Crippen molar-refractivity contribution in [1.29, 1.82) is 0 Å². The van der Waals surface area contributed by atoms with E-state index in [1.165, 1.54) is 37.3 Å². The maximum absolute atomic E-state index is 9.10. The van der Waals surface area contributed by atoms with Gasteiger partial charge in [0.05, 0.1) is 6.61 Å². The summed E-state index contributed by atoms with van der Waals surface area (Å²) in [6, 6.07) is 6.58. The molecule has 0 aliphatic carbocycles. The minimum atomic E-state index is -1.82. The lowest BCUT2D eigenvalue weighted by molar-refractivity contribution is -0.159. The zero-order valence-electron chi connectivity index (χ0n) is 16.8. The predicted octanol–water partition coefficient (Wildman–Crippen LogP) is 2.29. The van der Waals surface area contributed by atoms with Gasteiger partial charge in [-0.2, -0.15) is 0 Å². The Bertz CT molecular complexity index is 598. The van der Waals surface area contributed by atoms with Gasteiger partial charge >= 0.3 is 11.9 Å². The summed E-state index contributed by atoms with van der Waals surface area (Å²) in [5.41, 5.74) is 2.65. The third-order valence-electron chi connectivity index (χ3n) is 4.41. The Morgan fingerprint density at radius 3 is 2.19 bits per heavy atom. The van der Waals surface area contributed by atoms with Crippen molar-refractivity contribution in [3.05, 3.63) is 29.3 Å². The quantitative estimate of drug-likeness (QED) is 0.578. The molecule has 0 aromatic heterocycles.